The molecule has 1 unspecified atom stereocenters. The third-order valence-corrected chi connectivity index (χ3v) is 3.25. The Kier molecular flexibility index (Phi) is 4.37. The number of likely N-dealkylation sites (N-methyl/N-ethyl adjacent to an activating group) is 1. The Labute approximate surface area is 109 Å². The average Bonchev–Trinajstić information content (AvgIpc) is 2.46. The fourth-order valence-corrected chi connectivity index (χ4v) is 2.16. The first-order chi connectivity index (χ1) is 8.81. The van der Waals surface area contributed by atoms with E-state index < -0.39 is 0 Å². The first kappa shape index (κ1) is 12.7. The van der Waals surface area contributed by atoms with Gasteiger partial charge in [0.05, 0.1) is 0 Å². The summed E-state index contributed by atoms with van der Waals surface area (Å²) in [7, 11) is 2.11. The molecule has 0 aliphatic rings. The smallest absolute Gasteiger partial charge is 0.0363 e. The molecular formula is C16H20N2. The molecule has 0 amide bonds. The van der Waals surface area contributed by atoms with Crippen LogP contribution >= 0.6 is 0 Å². The zero-order valence-electron chi connectivity index (χ0n) is 10.8. The maximum absolute atomic E-state index is 5.90. The van der Waals surface area contributed by atoms with Crippen LogP contribution in [0.2, 0.25) is 0 Å². The lowest BCUT2D eigenvalue weighted by Gasteiger charge is -2.25. The zero-order chi connectivity index (χ0) is 12.8. The van der Waals surface area contributed by atoms with Crippen LogP contribution in [0.1, 0.15) is 11.5 Å². The summed E-state index contributed by atoms with van der Waals surface area (Å²) in [5.74, 6) is 0.372. The van der Waals surface area contributed by atoms with Gasteiger partial charge in [0.15, 0.2) is 0 Å². The van der Waals surface area contributed by atoms with Gasteiger partial charge in [-0.05, 0) is 17.7 Å². The molecule has 18 heavy (non-hydrogen) atoms. The largest absolute Gasteiger partial charge is 0.374 e. The van der Waals surface area contributed by atoms with Crippen molar-refractivity contribution >= 4 is 5.69 Å². The van der Waals surface area contributed by atoms with Crippen LogP contribution in [0.4, 0.5) is 5.69 Å². The first-order valence-electron chi connectivity index (χ1n) is 6.32. The second-order valence-corrected chi connectivity index (χ2v) is 4.56. The van der Waals surface area contributed by atoms with Crippen molar-refractivity contribution in [1.82, 2.24) is 0 Å². The molecule has 0 fully saturated rings. The van der Waals surface area contributed by atoms with Crippen LogP contribution in [0.5, 0.6) is 0 Å². The molecule has 0 aromatic heterocycles. The lowest BCUT2D eigenvalue weighted by Crippen LogP contribution is -2.28. The summed E-state index contributed by atoms with van der Waals surface area (Å²) in [5.41, 5.74) is 8.44. The van der Waals surface area contributed by atoms with Crippen LogP contribution in [0.15, 0.2) is 60.7 Å². The third kappa shape index (κ3) is 3.11. The van der Waals surface area contributed by atoms with Gasteiger partial charge >= 0.3 is 0 Å². The number of anilines is 1. The quantitative estimate of drug-likeness (QED) is 0.870. The van der Waals surface area contributed by atoms with E-state index in [1.54, 1.807) is 0 Å². The molecule has 2 N–H and O–H groups in total. The Morgan fingerprint density at radius 2 is 1.50 bits per heavy atom. The molecular weight excluding hydrogens is 220 g/mol. The number of hydrogen-bond donors (Lipinski definition) is 1. The van der Waals surface area contributed by atoms with E-state index in [9.17, 15) is 0 Å². The SMILES string of the molecule is CN(CC(CN)c1ccccc1)c1ccccc1. The molecule has 0 heterocycles. The summed E-state index contributed by atoms with van der Waals surface area (Å²) in [6.07, 6.45) is 0. The van der Waals surface area contributed by atoms with Crippen LogP contribution in [0, 0.1) is 0 Å². The van der Waals surface area contributed by atoms with E-state index in [0.717, 1.165) is 6.54 Å². The van der Waals surface area contributed by atoms with Crippen molar-refractivity contribution in [3.05, 3.63) is 66.2 Å². The number of hydrogen-bond acceptors (Lipinski definition) is 2. The number of para-hydroxylation sites is 1. The molecule has 94 valence electrons. The third-order valence-electron chi connectivity index (χ3n) is 3.25. The maximum atomic E-state index is 5.90. The molecule has 1 atom stereocenters. The van der Waals surface area contributed by atoms with E-state index in [1.165, 1.54) is 11.3 Å². The Morgan fingerprint density at radius 3 is 2.06 bits per heavy atom. The molecule has 0 spiro atoms. The molecule has 0 bridgehead atoms. The fourth-order valence-electron chi connectivity index (χ4n) is 2.16. The lowest BCUT2D eigenvalue weighted by molar-refractivity contribution is 0.681. The van der Waals surface area contributed by atoms with E-state index >= 15 is 0 Å². The van der Waals surface area contributed by atoms with Crippen molar-refractivity contribution in [3.8, 4) is 0 Å². The van der Waals surface area contributed by atoms with Crippen LogP contribution < -0.4 is 10.6 Å². The highest BCUT2D eigenvalue weighted by Crippen LogP contribution is 2.19. The maximum Gasteiger partial charge on any atom is 0.0363 e. The van der Waals surface area contributed by atoms with Gasteiger partial charge in [0.25, 0.3) is 0 Å². The van der Waals surface area contributed by atoms with Crippen molar-refractivity contribution in [1.29, 1.82) is 0 Å². The van der Waals surface area contributed by atoms with Gasteiger partial charge in [-0.1, -0.05) is 48.5 Å². The predicted octanol–water partition coefficient (Wildman–Crippen LogP) is 2.87. The van der Waals surface area contributed by atoms with E-state index in [4.69, 9.17) is 5.73 Å². The van der Waals surface area contributed by atoms with Crippen LogP contribution in [0.25, 0.3) is 0 Å². The molecule has 2 aromatic rings. The second kappa shape index (κ2) is 6.22. The van der Waals surface area contributed by atoms with E-state index in [1.807, 2.05) is 12.1 Å². The minimum atomic E-state index is 0.372. The number of nitrogens with two attached hydrogens (primary N) is 1. The van der Waals surface area contributed by atoms with Gasteiger partial charge in [-0.3, -0.25) is 0 Å². The molecule has 0 aliphatic heterocycles. The summed E-state index contributed by atoms with van der Waals surface area (Å²) < 4.78 is 0. The van der Waals surface area contributed by atoms with Crippen molar-refractivity contribution in [3.63, 3.8) is 0 Å². The molecule has 2 aromatic carbocycles. The van der Waals surface area contributed by atoms with Gasteiger partial charge in [0.2, 0.25) is 0 Å². The molecule has 2 nitrogen and oxygen atoms in total. The van der Waals surface area contributed by atoms with Crippen molar-refractivity contribution < 1.29 is 0 Å². The first-order valence-corrected chi connectivity index (χ1v) is 6.32. The molecule has 0 saturated carbocycles. The van der Waals surface area contributed by atoms with Gasteiger partial charge in [0, 0.05) is 31.7 Å². The van der Waals surface area contributed by atoms with E-state index in [0.29, 0.717) is 12.5 Å². The van der Waals surface area contributed by atoms with Crippen molar-refractivity contribution in [2.75, 3.05) is 25.0 Å². The number of nitrogens with zero attached hydrogens (tertiary/aromatic N) is 1. The topological polar surface area (TPSA) is 29.3 Å². The van der Waals surface area contributed by atoms with Gasteiger partial charge < -0.3 is 10.6 Å². The predicted molar refractivity (Wildman–Crippen MR) is 77.9 cm³/mol. The highest BCUT2D eigenvalue weighted by molar-refractivity contribution is 5.45. The molecule has 0 radical (unpaired) electrons. The Hall–Kier alpha value is -1.80. The highest BCUT2D eigenvalue weighted by Gasteiger charge is 2.12. The van der Waals surface area contributed by atoms with E-state index in [-0.39, 0.29) is 0 Å². The molecule has 0 aliphatic carbocycles. The zero-order valence-corrected chi connectivity index (χ0v) is 10.8. The summed E-state index contributed by atoms with van der Waals surface area (Å²) in [6, 6.07) is 20.9. The number of rotatable bonds is 5. The summed E-state index contributed by atoms with van der Waals surface area (Å²) in [5, 5.41) is 0. The standard InChI is InChI=1S/C16H20N2/c1-18(16-10-6-3-7-11-16)13-15(12-17)14-8-4-2-5-9-14/h2-11,15H,12-13,17H2,1H3. The second-order valence-electron chi connectivity index (χ2n) is 4.56. The summed E-state index contributed by atoms with van der Waals surface area (Å²) in [4.78, 5) is 2.25. The van der Waals surface area contributed by atoms with E-state index in [2.05, 4.69) is 60.5 Å². The van der Waals surface area contributed by atoms with Gasteiger partial charge in [-0.15, -0.1) is 0 Å². The lowest BCUT2D eigenvalue weighted by atomic mass is 9.98. The normalized spacial score (nSPS) is 12.1. The van der Waals surface area contributed by atoms with Crippen molar-refractivity contribution in [2.45, 2.75) is 5.92 Å². The Morgan fingerprint density at radius 1 is 0.944 bits per heavy atom. The Balaban J connectivity index is 2.07. The van der Waals surface area contributed by atoms with Gasteiger partial charge in [-0.2, -0.15) is 0 Å². The monoisotopic (exact) mass is 240 g/mol. The molecule has 2 heteroatoms. The van der Waals surface area contributed by atoms with Crippen LogP contribution in [0.3, 0.4) is 0 Å². The van der Waals surface area contributed by atoms with Gasteiger partial charge in [-0.25, -0.2) is 0 Å². The highest BCUT2D eigenvalue weighted by atomic mass is 15.1. The summed E-state index contributed by atoms with van der Waals surface area (Å²) in [6.45, 7) is 1.60. The summed E-state index contributed by atoms with van der Waals surface area (Å²) >= 11 is 0. The molecule has 2 rings (SSSR count). The number of benzene rings is 2. The minimum Gasteiger partial charge on any atom is -0.374 e. The van der Waals surface area contributed by atoms with Crippen LogP contribution in [-0.4, -0.2) is 20.1 Å². The Bertz CT molecular complexity index is 453. The average molecular weight is 240 g/mol. The van der Waals surface area contributed by atoms with Crippen LogP contribution in [-0.2, 0) is 0 Å². The minimum absolute atomic E-state index is 0.372. The molecule has 0 saturated heterocycles. The van der Waals surface area contributed by atoms with Crippen molar-refractivity contribution in [2.24, 2.45) is 5.73 Å². The van der Waals surface area contributed by atoms with Gasteiger partial charge in [0.1, 0.15) is 0 Å². The fraction of sp³-hybridized carbons (Fsp3) is 0.250.